The van der Waals surface area contributed by atoms with Crippen LogP contribution >= 0.6 is 12.2 Å². The summed E-state index contributed by atoms with van der Waals surface area (Å²) >= 11 is 5.57. The second kappa shape index (κ2) is 10.4. The van der Waals surface area contributed by atoms with Crippen LogP contribution in [0.25, 0.3) is 0 Å². The first-order valence-electron chi connectivity index (χ1n) is 9.11. The molecule has 2 rings (SSSR count). The smallest absolute Gasteiger partial charge is 0.234 e. The summed E-state index contributed by atoms with van der Waals surface area (Å²) in [6, 6.07) is 6.19. The molecule has 0 unspecified atom stereocenters. The zero-order valence-electron chi connectivity index (χ0n) is 16.0. The lowest BCUT2D eigenvalue weighted by atomic mass is 10.1. The number of hydrogen-bond acceptors (Lipinski definition) is 4. The van der Waals surface area contributed by atoms with E-state index < -0.39 is 0 Å². The number of nitrogens with zero attached hydrogens (tertiary/aromatic N) is 2. The average Bonchev–Trinajstić information content (AvgIpc) is 2.63. The van der Waals surface area contributed by atoms with E-state index in [1.165, 1.54) is 11.1 Å². The van der Waals surface area contributed by atoms with Gasteiger partial charge in [-0.25, -0.2) is 0 Å². The number of piperazine rings is 1. The van der Waals surface area contributed by atoms with Crippen molar-refractivity contribution >= 4 is 28.9 Å². The molecule has 1 aliphatic rings. The third kappa shape index (κ3) is 6.23. The largest absolute Gasteiger partial charge is 0.385 e. The van der Waals surface area contributed by atoms with Crippen LogP contribution in [0.2, 0.25) is 0 Å². The van der Waals surface area contributed by atoms with Crippen molar-refractivity contribution in [3.05, 3.63) is 29.3 Å². The number of ether oxygens (including phenoxy) is 1. The summed E-state index contributed by atoms with van der Waals surface area (Å²) in [5.74, 6) is 0.0747. The number of hydrogen-bond donors (Lipinski definition) is 2. The minimum atomic E-state index is 0.0747. The highest BCUT2D eigenvalue weighted by molar-refractivity contribution is 7.80. The van der Waals surface area contributed by atoms with Gasteiger partial charge in [-0.3, -0.25) is 9.69 Å². The summed E-state index contributed by atoms with van der Waals surface area (Å²) in [6.45, 7) is 9.30. The van der Waals surface area contributed by atoms with Crippen LogP contribution in [0.3, 0.4) is 0 Å². The number of thiocarbonyl (C=S) groups is 1. The lowest BCUT2D eigenvalue weighted by molar-refractivity contribution is -0.122. The summed E-state index contributed by atoms with van der Waals surface area (Å²) in [5, 5.41) is 7.05. The van der Waals surface area contributed by atoms with Gasteiger partial charge in [0, 0.05) is 52.1 Å². The quantitative estimate of drug-likeness (QED) is 0.557. The molecule has 1 amide bonds. The molecule has 0 aromatic heterocycles. The zero-order valence-corrected chi connectivity index (χ0v) is 16.8. The second-order valence-electron chi connectivity index (χ2n) is 6.64. The van der Waals surface area contributed by atoms with Gasteiger partial charge < -0.3 is 20.3 Å². The molecule has 1 aliphatic heterocycles. The fourth-order valence-electron chi connectivity index (χ4n) is 2.89. The normalized spacial score (nSPS) is 15.0. The number of benzene rings is 1. The van der Waals surface area contributed by atoms with Crippen molar-refractivity contribution in [2.75, 3.05) is 58.3 Å². The van der Waals surface area contributed by atoms with Gasteiger partial charge in [-0.2, -0.15) is 0 Å². The number of aryl methyl sites for hydroxylation is 1. The minimum Gasteiger partial charge on any atom is -0.385 e. The lowest BCUT2D eigenvalue weighted by Crippen LogP contribution is -2.52. The van der Waals surface area contributed by atoms with Gasteiger partial charge in [-0.15, -0.1) is 0 Å². The molecule has 0 aliphatic carbocycles. The Hall–Kier alpha value is -1.70. The van der Waals surface area contributed by atoms with Crippen LogP contribution in [0.4, 0.5) is 5.69 Å². The molecule has 7 heteroatoms. The SMILES string of the molecule is COCCCNC(=O)CN1CCN(C(=S)Nc2cccc(C)c2C)CC1. The maximum absolute atomic E-state index is 12.0. The van der Waals surface area contributed by atoms with Gasteiger partial charge in [0.1, 0.15) is 0 Å². The molecule has 2 N–H and O–H groups in total. The molecule has 0 bridgehead atoms. The highest BCUT2D eigenvalue weighted by Crippen LogP contribution is 2.18. The van der Waals surface area contributed by atoms with Crippen LogP contribution in [0.5, 0.6) is 0 Å². The van der Waals surface area contributed by atoms with Crippen molar-refractivity contribution in [1.82, 2.24) is 15.1 Å². The van der Waals surface area contributed by atoms with E-state index >= 15 is 0 Å². The summed E-state index contributed by atoms with van der Waals surface area (Å²) < 4.78 is 4.98. The summed E-state index contributed by atoms with van der Waals surface area (Å²) in [6.07, 6.45) is 0.842. The van der Waals surface area contributed by atoms with Gasteiger partial charge in [0.15, 0.2) is 5.11 Å². The minimum absolute atomic E-state index is 0.0747. The van der Waals surface area contributed by atoms with E-state index in [0.29, 0.717) is 19.7 Å². The van der Waals surface area contributed by atoms with E-state index in [0.717, 1.165) is 43.4 Å². The van der Waals surface area contributed by atoms with Gasteiger partial charge in [-0.05, 0) is 49.7 Å². The van der Waals surface area contributed by atoms with Gasteiger partial charge in [0.2, 0.25) is 5.91 Å². The summed E-state index contributed by atoms with van der Waals surface area (Å²) in [7, 11) is 1.67. The maximum atomic E-state index is 12.0. The van der Waals surface area contributed by atoms with E-state index in [4.69, 9.17) is 17.0 Å². The Morgan fingerprint density at radius 1 is 1.23 bits per heavy atom. The number of carbonyl (C=O) groups excluding carboxylic acids is 1. The number of nitrogens with one attached hydrogen (secondary N) is 2. The molecule has 1 aromatic rings. The van der Waals surface area contributed by atoms with Gasteiger partial charge >= 0.3 is 0 Å². The Labute approximate surface area is 161 Å². The summed E-state index contributed by atoms with van der Waals surface area (Å²) in [4.78, 5) is 16.3. The van der Waals surface area contributed by atoms with Crippen molar-refractivity contribution in [3.63, 3.8) is 0 Å². The van der Waals surface area contributed by atoms with Gasteiger partial charge in [-0.1, -0.05) is 12.1 Å². The molecule has 0 atom stereocenters. The van der Waals surface area contributed by atoms with Crippen LogP contribution in [-0.4, -0.2) is 73.8 Å². The molecule has 0 radical (unpaired) electrons. The predicted molar refractivity (Wildman–Crippen MR) is 110 cm³/mol. The fourth-order valence-corrected chi connectivity index (χ4v) is 3.19. The number of anilines is 1. The van der Waals surface area contributed by atoms with E-state index in [1.807, 2.05) is 6.07 Å². The van der Waals surface area contributed by atoms with Gasteiger partial charge in [0.05, 0.1) is 6.54 Å². The first kappa shape index (κ1) is 20.6. The molecule has 1 heterocycles. The zero-order chi connectivity index (χ0) is 18.9. The first-order valence-corrected chi connectivity index (χ1v) is 9.52. The average molecular weight is 379 g/mol. The predicted octanol–water partition coefficient (Wildman–Crippen LogP) is 1.77. The lowest BCUT2D eigenvalue weighted by Gasteiger charge is -2.36. The molecule has 26 heavy (non-hydrogen) atoms. The molecule has 1 fully saturated rings. The highest BCUT2D eigenvalue weighted by Gasteiger charge is 2.20. The molecule has 1 saturated heterocycles. The number of carbonyl (C=O) groups is 1. The second-order valence-corrected chi connectivity index (χ2v) is 7.02. The number of amides is 1. The number of rotatable bonds is 7. The Morgan fingerprint density at radius 3 is 2.65 bits per heavy atom. The molecule has 1 aromatic carbocycles. The topological polar surface area (TPSA) is 56.8 Å². The van der Waals surface area contributed by atoms with Crippen molar-refractivity contribution < 1.29 is 9.53 Å². The highest BCUT2D eigenvalue weighted by atomic mass is 32.1. The number of methoxy groups -OCH3 is 1. The molecule has 0 spiro atoms. The first-order chi connectivity index (χ1) is 12.5. The molecule has 6 nitrogen and oxygen atoms in total. The van der Waals surface area contributed by atoms with Crippen LogP contribution in [-0.2, 0) is 9.53 Å². The molecule has 0 saturated carbocycles. The van der Waals surface area contributed by atoms with Crippen molar-refractivity contribution in [1.29, 1.82) is 0 Å². The fraction of sp³-hybridized carbons (Fsp3) is 0.579. The van der Waals surface area contributed by atoms with Crippen LogP contribution < -0.4 is 10.6 Å². The third-order valence-electron chi connectivity index (χ3n) is 4.72. The van der Waals surface area contributed by atoms with Crippen LogP contribution in [0, 0.1) is 13.8 Å². The standard InChI is InChI=1S/C19H30N4O2S/c1-15-6-4-7-17(16(15)2)21-19(26)23-11-9-22(10-12-23)14-18(24)20-8-5-13-25-3/h4,6-7H,5,8-14H2,1-3H3,(H,20,24)(H,21,26). The van der Waals surface area contributed by atoms with Crippen molar-refractivity contribution in [2.45, 2.75) is 20.3 Å². The van der Waals surface area contributed by atoms with E-state index in [2.05, 4.69) is 46.4 Å². The molecular weight excluding hydrogens is 348 g/mol. The Bertz CT molecular complexity index is 616. The monoisotopic (exact) mass is 378 g/mol. The Morgan fingerprint density at radius 2 is 1.96 bits per heavy atom. The van der Waals surface area contributed by atoms with Crippen molar-refractivity contribution in [3.8, 4) is 0 Å². The van der Waals surface area contributed by atoms with E-state index in [-0.39, 0.29) is 5.91 Å². The third-order valence-corrected chi connectivity index (χ3v) is 5.08. The van der Waals surface area contributed by atoms with E-state index in [9.17, 15) is 4.79 Å². The van der Waals surface area contributed by atoms with Crippen molar-refractivity contribution in [2.24, 2.45) is 0 Å². The molecule has 144 valence electrons. The van der Waals surface area contributed by atoms with Crippen LogP contribution in [0.1, 0.15) is 17.5 Å². The van der Waals surface area contributed by atoms with Crippen LogP contribution in [0.15, 0.2) is 18.2 Å². The summed E-state index contributed by atoms with van der Waals surface area (Å²) in [5.41, 5.74) is 3.53. The van der Waals surface area contributed by atoms with E-state index in [1.54, 1.807) is 7.11 Å². The Kier molecular flexibility index (Phi) is 8.28. The Balaban J connectivity index is 1.73. The maximum Gasteiger partial charge on any atom is 0.234 e. The molecular formula is C19H30N4O2S. The van der Waals surface area contributed by atoms with Gasteiger partial charge in [0.25, 0.3) is 0 Å².